The highest BCUT2D eigenvalue weighted by atomic mass is 79.9. The number of thioether (sulfide) groups is 1. The summed E-state index contributed by atoms with van der Waals surface area (Å²) in [6.07, 6.45) is 3.36. The number of nitrogens with zero attached hydrogens (tertiary/aromatic N) is 2. The van der Waals surface area contributed by atoms with Gasteiger partial charge in [-0.1, -0.05) is 33.8 Å². The third-order valence-electron chi connectivity index (χ3n) is 2.50. The fraction of sp³-hybridized carbons (Fsp3) is 0.167. The van der Waals surface area contributed by atoms with Gasteiger partial charge in [-0.3, -0.25) is 4.79 Å². The lowest BCUT2D eigenvalue weighted by molar-refractivity contribution is -0.117. The molecule has 2 aromatic rings. The zero-order chi connectivity index (χ0) is 14.0. The van der Waals surface area contributed by atoms with Gasteiger partial charge in [0.2, 0.25) is 5.91 Å². The first-order chi connectivity index (χ1) is 8.99. The van der Waals surface area contributed by atoms with E-state index >= 15 is 0 Å². The summed E-state index contributed by atoms with van der Waals surface area (Å²) in [5.74, 6) is -1.07. The molecule has 0 aliphatic carbocycles. The molecule has 0 saturated carbocycles. The second kappa shape index (κ2) is 5.75. The summed E-state index contributed by atoms with van der Waals surface area (Å²) in [5.41, 5.74) is 5.62. The van der Waals surface area contributed by atoms with E-state index in [0.717, 1.165) is 11.8 Å². The van der Waals surface area contributed by atoms with E-state index < -0.39 is 17.0 Å². The lowest BCUT2D eigenvalue weighted by atomic mass is 10.1. The number of carbonyl (C=O) groups is 1. The van der Waals surface area contributed by atoms with Crippen LogP contribution in [0.3, 0.4) is 0 Å². The highest BCUT2D eigenvalue weighted by Crippen LogP contribution is 2.35. The molecule has 1 atom stereocenters. The molecule has 0 bridgehead atoms. The van der Waals surface area contributed by atoms with Gasteiger partial charge in [-0.05, 0) is 12.1 Å². The highest BCUT2D eigenvalue weighted by Gasteiger charge is 2.24. The number of nitrogens with two attached hydrogens (primary N) is 1. The molecule has 7 heteroatoms. The number of primary amides is 1. The van der Waals surface area contributed by atoms with Gasteiger partial charge in [0.15, 0.2) is 5.16 Å². The molecule has 1 aromatic heterocycles. The van der Waals surface area contributed by atoms with Crippen molar-refractivity contribution >= 4 is 33.6 Å². The van der Waals surface area contributed by atoms with Gasteiger partial charge in [0.25, 0.3) is 0 Å². The van der Waals surface area contributed by atoms with Crippen LogP contribution >= 0.6 is 27.7 Å². The molecule has 2 N–H and O–H groups in total. The van der Waals surface area contributed by atoms with Crippen molar-refractivity contribution in [1.29, 1.82) is 0 Å². The van der Waals surface area contributed by atoms with Gasteiger partial charge in [-0.15, -0.1) is 0 Å². The van der Waals surface area contributed by atoms with Crippen LogP contribution in [-0.2, 0) is 11.8 Å². The Morgan fingerprint density at radius 1 is 1.58 bits per heavy atom. The van der Waals surface area contributed by atoms with Crippen molar-refractivity contribution in [2.75, 3.05) is 0 Å². The molecular weight excluding hydrogens is 333 g/mol. The summed E-state index contributed by atoms with van der Waals surface area (Å²) in [6.45, 7) is 0. The number of rotatable bonds is 4. The maximum absolute atomic E-state index is 13.9. The molecule has 1 heterocycles. The smallest absolute Gasteiger partial charge is 0.235 e. The van der Waals surface area contributed by atoms with E-state index in [1.165, 1.54) is 6.07 Å². The average Bonchev–Trinajstić information content (AvgIpc) is 2.72. The van der Waals surface area contributed by atoms with Crippen LogP contribution in [0, 0.1) is 5.82 Å². The fourth-order valence-corrected chi connectivity index (χ4v) is 2.89. The number of hydrogen-bond acceptors (Lipinski definition) is 3. The Hall–Kier alpha value is -1.34. The average molecular weight is 344 g/mol. The molecule has 1 aromatic carbocycles. The second-order valence-corrected chi connectivity index (χ2v) is 5.87. The molecule has 4 nitrogen and oxygen atoms in total. The molecule has 0 unspecified atom stereocenters. The predicted molar refractivity (Wildman–Crippen MR) is 75.1 cm³/mol. The number of carbonyl (C=O) groups excluding carboxylic acids is 1. The number of halogens is 2. The van der Waals surface area contributed by atoms with Gasteiger partial charge in [0, 0.05) is 29.5 Å². The van der Waals surface area contributed by atoms with Gasteiger partial charge < -0.3 is 10.3 Å². The van der Waals surface area contributed by atoms with Crippen LogP contribution < -0.4 is 5.73 Å². The third kappa shape index (κ3) is 3.16. The van der Waals surface area contributed by atoms with Crippen LogP contribution in [0.2, 0.25) is 0 Å². The minimum Gasteiger partial charge on any atom is -0.368 e. The molecule has 19 heavy (non-hydrogen) atoms. The van der Waals surface area contributed by atoms with Crippen molar-refractivity contribution in [2.45, 2.75) is 10.4 Å². The Morgan fingerprint density at radius 3 is 2.84 bits per heavy atom. The normalized spacial score (nSPS) is 12.4. The van der Waals surface area contributed by atoms with Gasteiger partial charge in [-0.25, -0.2) is 9.37 Å². The maximum atomic E-state index is 13.9. The lowest BCUT2D eigenvalue weighted by Crippen LogP contribution is -2.20. The molecule has 2 rings (SSSR count). The third-order valence-corrected chi connectivity index (χ3v) is 4.32. The molecule has 0 aliphatic rings. The lowest BCUT2D eigenvalue weighted by Gasteiger charge is -2.14. The summed E-state index contributed by atoms with van der Waals surface area (Å²) < 4.78 is 16.3. The standard InChI is InChI=1S/C12H11BrFN3OS/c1-17-5-4-16-12(17)19-10(11(15)18)8-3-2-7(13)6-9(8)14/h2-6,10H,1H3,(H2,15,18)/t10-/m1/s1. The first-order valence-corrected chi connectivity index (χ1v) is 7.04. The van der Waals surface area contributed by atoms with E-state index in [1.54, 1.807) is 36.1 Å². The predicted octanol–water partition coefficient (Wildman–Crippen LogP) is 2.64. The topological polar surface area (TPSA) is 60.9 Å². The molecule has 0 spiro atoms. The number of imidazole rings is 1. The van der Waals surface area contributed by atoms with Crippen LogP contribution in [0.4, 0.5) is 4.39 Å². The van der Waals surface area contributed by atoms with E-state index in [9.17, 15) is 9.18 Å². The first-order valence-electron chi connectivity index (χ1n) is 5.37. The van der Waals surface area contributed by atoms with Crippen LogP contribution in [0.5, 0.6) is 0 Å². The largest absolute Gasteiger partial charge is 0.368 e. The molecular formula is C12H11BrFN3OS. The van der Waals surface area contributed by atoms with Crippen molar-refractivity contribution in [3.05, 3.63) is 46.4 Å². The van der Waals surface area contributed by atoms with Crippen LogP contribution in [0.15, 0.2) is 40.2 Å². The molecule has 1 amide bonds. The molecule has 0 aliphatic heterocycles. The van der Waals surface area contributed by atoms with E-state index in [4.69, 9.17) is 5.73 Å². The minimum atomic E-state index is -0.811. The van der Waals surface area contributed by atoms with Crippen LogP contribution in [0.1, 0.15) is 10.8 Å². The molecule has 0 radical (unpaired) electrons. The van der Waals surface area contributed by atoms with E-state index in [1.807, 2.05) is 0 Å². The van der Waals surface area contributed by atoms with Gasteiger partial charge >= 0.3 is 0 Å². The highest BCUT2D eigenvalue weighted by molar-refractivity contribution is 9.10. The SMILES string of the molecule is Cn1ccnc1S[C@@H](C(N)=O)c1ccc(Br)cc1F. The Balaban J connectivity index is 2.35. The monoisotopic (exact) mass is 343 g/mol. The number of hydrogen-bond donors (Lipinski definition) is 1. The van der Waals surface area contributed by atoms with E-state index in [-0.39, 0.29) is 5.56 Å². The fourth-order valence-electron chi connectivity index (χ4n) is 1.56. The van der Waals surface area contributed by atoms with Gasteiger partial charge in [-0.2, -0.15) is 0 Å². The number of aromatic nitrogens is 2. The second-order valence-electron chi connectivity index (χ2n) is 3.89. The summed E-state index contributed by atoms with van der Waals surface area (Å²) in [4.78, 5) is 15.7. The molecule has 100 valence electrons. The zero-order valence-corrected chi connectivity index (χ0v) is 12.4. The van der Waals surface area contributed by atoms with E-state index in [0.29, 0.717) is 9.63 Å². The van der Waals surface area contributed by atoms with Gasteiger partial charge in [0.1, 0.15) is 11.1 Å². The van der Waals surface area contributed by atoms with Crippen molar-refractivity contribution in [1.82, 2.24) is 9.55 Å². The summed E-state index contributed by atoms with van der Waals surface area (Å²) in [7, 11) is 1.80. The van der Waals surface area contributed by atoms with Crippen molar-refractivity contribution in [3.8, 4) is 0 Å². The first kappa shape index (κ1) is 14.1. The minimum absolute atomic E-state index is 0.253. The van der Waals surface area contributed by atoms with Crippen LogP contribution in [0.25, 0.3) is 0 Å². The number of amides is 1. The Morgan fingerprint density at radius 2 is 2.32 bits per heavy atom. The van der Waals surface area contributed by atoms with Crippen molar-refractivity contribution in [3.63, 3.8) is 0 Å². The Labute approximate surface area is 122 Å². The maximum Gasteiger partial charge on any atom is 0.235 e. The van der Waals surface area contributed by atoms with Crippen LogP contribution in [-0.4, -0.2) is 15.5 Å². The molecule has 0 saturated heterocycles. The number of aryl methyl sites for hydroxylation is 1. The van der Waals surface area contributed by atoms with Gasteiger partial charge in [0.05, 0.1) is 0 Å². The van der Waals surface area contributed by atoms with E-state index in [2.05, 4.69) is 20.9 Å². The summed E-state index contributed by atoms with van der Waals surface area (Å²) >= 11 is 4.30. The number of benzene rings is 1. The summed E-state index contributed by atoms with van der Waals surface area (Å²) in [5, 5.41) is -0.208. The van der Waals surface area contributed by atoms with Crippen molar-refractivity contribution < 1.29 is 9.18 Å². The quantitative estimate of drug-likeness (QED) is 0.868. The summed E-state index contributed by atoms with van der Waals surface area (Å²) in [6, 6.07) is 4.53. The Bertz CT molecular complexity index is 617. The molecule has 0 fully saturated rings. The Kier molecular flexibility index (Phi) is 4.26. The van der Waals surface area contributed by atoms with Crippen molar-refractivity contribution in [2.24, 2.45) is 12.8 Å². The zero-order valence-electron chi connectivity index (χ0n) is 10.0.